The van der Waals surface area contributed by atoms with E-state index in [0.717, 1.165) is 22.7 Å². The number of para-hydroxylation sites is 1. The molecule has 0 N–H and O–H groups in total. The van der Waals surface area contributed by atoms with Crippen molar-refractivity contribution >= 4 is 65.6 Å². The molecule has 1 aliphatic carbocycles. The largest absolute Gasteiger partial charge is 0.310 e. The minimum absolute atomic E-state index is 0.189. The molecule has 0 saturated carbocycles. The second-order valence-corrected chi connectivity index (χ2v) is 18.6. The number of fused-ring (bicyclic) bond motifs is 13. The molecule has 0 atom stereocenters. The molecule has 0 radical (unpaired) electrons. The van der Waals surface area contributed by atoms with E-state index in [9.17, 15) is 0 Å². The maximum atomic E-state index is 2.53. The molecule has 9 aromatic carbocycles. The smallest absolute Gasteiger partial charge is 0.0517 e. The van der Waals surface area contributed by atoms with Crippen LogP contribution in [0.1, 0.15) is 36.1 Å². The summed E-state index contributed by atoms with van der Waals surface area (Å²) in [6, 6.07) is 72.7. The fourth-order valence-corrected chi connectivity index (χ4v) is 11.5. The van der Waals surface area contributed by atoms with Crippen LogP contribution in [-0.2, 0) is 5.41 Å². The maximum absolute atomic E-state index is 2.53. The first-order valence-corrected chi connectivity index (χ1v) is 22.4. The molecule has 2 heterocycles. The zero-order valence-electron chi connectivity index (χ0n) is 35.3. The molecular weight excluding hydrogens is 769 g/mol. The quantitative estimate of drug-likeness (QED) is 0.175. The van der Waals surface area contributed by atoms with Gasteiger partial charge < -0.3 is 9.80 Å². The van der Waals surface area contributed by atoms with Gasteiger partial charge in [0, 0.05) is 48.3 Å². The molecule has 62 heavy (non-hydrogen) atoms. The first kappa shape index (κ1) is 36.6. The summed E-state index contributed by atoms with van der Waals surface area (Å²) in [5.41, 5.74) is 21.8. The third-order valence-electron chi connectivity index (χ3n) is 13.3. The molecule has 0 bridgehead atoms. The van der Waals surface area contributed by atoms with Crippen molar-refractivity contribution in [2.45, 2.75) is 33.1 Å². The average molecular weight is 813 g/mol. The number of rotatable bonds is 4. The third-order valence-corrected chi connectivity index (χ3v) is 14.4. The minimum atomic E-state index is -0.189. The van der Waals surface area contributed by atoms with Crippen molar-refractivity contribution in [2.24, 2.45) is 0 Å². The van der Waals surface area contributed by atoms with Crippen molar-refractivity contribution in [3.8, 4) is 44.5 Å². The van der Waals surface area contributed by atoms with E-state index in [1.165, 1.54) is 98.3 Å². The summed E-state index contributed by atoms with van der Waals surface area (Å²) in [4.78, 5) is 4.93. The molecule has 1 aliphatic heterocycles. The van der Waals surface area contributed by atoms with Crippen molar-refractivity contribution in [3.05, 3.63) is 216 Å². The van der Waals surface area contributed by atoms with Gasteiger partial charge in [0.1, 0.15) is 0 Å². The lowest BCUT2D eigenvalue weighted by Gasteiger charge is -2.42. The number of benzene rings is 9. The van der Waals surface area contributed by atoms with Crippen molar-refractivity contribution in [1.82, 2.24) is 0 Å². The van der Waals surface area contributed by atoms with E-state index < -0.39 is 0 Å². The summed E-state index contributed by atoms with van der Waals surface area (Å²) in [6.07, 6.45) is 0. The van der Waals surface area contributed by atoms with Crippen molar-refractivity contribution in [1.29, 1.82) is 0 Å². The molecule has 1 aromatic heterocycles. The minimum Gasteiger partial charge on any atom is -0.310 e. The molecule has 2 aliphatic rings. The van der Waals surface area contributed by atoms with Crippen LogP contribution in [0.4, 0.5) is 34.1 Å². The highest BCUT2D eigenvalue weighted by molar-refractivity contribution is 7.25. The van der Waals surface area contributed by atoms with Crippen LogP contribution in [0.25, 0.3) is 64.7 Å². The first-order chi connectivity index (χ1) is 30.3. The first-order valence-electron chi connectivity index (χ1n) is 21.6. The Kier molecular flexibility index (Phi) is 8.23. The molecule has 3 heteroatoms. The molecule has 12 rings (SSSR count). The lowest BCUT2D eigenvalue weighted by molar-refractivity contribution is 0.633. The molecule has 0 spiro atoms. The topological polar surface area (TPSA) is 6.48 Å². The van der Waals surface area contributed by atoms with Crippen molar-refractivity contribution in [2.75, 3.05) is 9.80 Å². The number of nitrogens with zero attached hydrogens (tertiary/aromatic N) is 2. The standard InChI is InChI=1S/C59H44N2S/c1-37-15-13-17-39(31-37)60(40-18-14-16-38(2)32-40)41-27-29-47-44-20-6-8-22-46(44)51-34-42(28-30-48(51)43-19-5-7-21-45(43)50(47)33-41)61-55-25-11-10-24-53(55)59(3,4)54-35-52-49-23-9-12-26-57(49)62-58(52)36-56(54)61/h5-36H,1-4H3. The molecule has 0 amide bonds. The molecule has 10 aromatic rings. The van der Waals surface area contributed by atoms with Gasteiger partial charge in [-0.25, -0.2) is 0 Å². The normalized spacial score (nSPS) is 13.3. The monoisotopic (exact) mass is 812 g/mol. The zero-order chi connectivity index (χ0) is 41.7. The summed E-state index contributed by atoms with van der Waals surface area (Å²) >= 11 is 1.89. The van der Waals surface area contributed by atoms with E-state index in [4.69, 9.17) is 0 Å². The van der Waals surface area contributed by atoms with Crippen LogP contribution in [-0.4, -0.2) is 0 Å². The summed E-state index contributed by atoms with van der Waals surface area (Å²) in [7, 11) is 0. The highest BCUT2D eigenvalue weighted by atomic mass is 32.1. The van der Waals surface area contributed by atoms with Gasteiger partial charge in [0.25, 0.3) is 0 Å². The van der Waals surface area contributed by atoms with Crippen LogP contribution in [0.5, 0.6) is 0 Å². The molecule has 0 saturated heterocycles. The lowest BCUT2D eigenvalue weighted by atomic mass is 9.73. The predicted molar refractivity (Wildman–Crippen MR) is 266 cm³/mol. The van der Waals surface area contributed by atoms with Gasteiger partial charge in [-0.2, -0.15) is 0 Å². The van der Waals surface area contributed by atoms with Gasteiger partial charge in [0.15, 0.2) is 0 Å². The van der Waals surface area contributed by atoms with Crippen LogP contribution in [0.3, 0.4) is 0 Å². The third kappa shape index (κ3) is 5.62. The van der Waals surface area contributed by atoms with Gasteiger partial charge in [-0.15, -0.1) is 11.3 Å². The predicted octanol–water partition coefficient (Wildman–Crippen LogP) is 17.2. The summed E-state index contributed by atoms with van der Waals surface area (Å²) in [6.45, 7) is 9.12. The van der Waals surface area contributed by atoms with E-state index in [2.05, 4.69) is 232 Å². The number of hydrogen-bond acceptors (Lipinski definition) is 3. The average Bonchev–Trinajstić information content (AvgIpc) is 3.66. The van der Waals surface area contributed by atoms with E-state index >= 15 is 0 Å². The number of aryl methyl sites for hydroxylation is 2. The Morgan fingerprint density at radius 2 is 0.935 bits per heavy atom. The van der Waals surface area contributed by atoms with Crippen LogP contribution in [0.2, 0.25) is 0 Å². The lowest BCUT2D eigenvalue weighted by Crippen LogP contribution is -2.30. The second-order valence-electron chi connectivity index (χ2n) is 17.5. The van der Waals surface area contributed by atoms with E-state index in [1.807, 2.05) is 11.3 Å². The Hall–Kier alpha value is -7.20. The second kappa shape index (κ2) is 13.9. The fraction of sp³-hybridized carbons (Fsp3) is 0.0847. The number of thiophene rings is 1. The number of anilines is 6. The van der Waals surface area contributed by atoms with Gasteiger partial charge in [0.2, 0.25) is 0 Å². The van der Waals surface area contributed by atoms with Gasteiger partial charge in [-0.1, -0.05) is 135 Å². The van der Waals surface area contributed by atoms with Crippen LogP contribution in [0.15, 0.2) is 194 Å². The van der Waals surface area contributed by atoms with E-state index in [0.29, 0.717) is 0 Å². The molecule has 296 valence electrons. The number of hydrogen-bond donors (Lipinski definition) is 0. The van der Waals surface area contributed by atoms with E-state index in [1.54, 1.807) is 0 Å². The van der Waals surface area contributed by atoms with Gasteiger partial charge in [-0.05, 0) is 153 Å². The highest BCUT2D eigenvalue weighted by Crippen LogP contribution is 2.56. The Morgan fingerprint density at radius 1 is 0.387 bits per heavy atom. The van der Waals surface area contributed by atoms with Crippen molar-refractivity contribution in [3.63, 3.8) is 0 Å². The maximum Gasteiger partial charge on any atom is 0.0517 e. The molecular formula is C59H44N2S. The van der Waals surface area contributed by atoms with Crippen LogP contribution >= 0.6 is 11.3 Å². The Bertz CT molecular complexity index is 3390. The van der Waals surface area contributed by atoms with Crippen LogP contribution < -0.4 is 9.80 Å². The van der Waals surface area contributed by atoms with Gasteiger partial charge >= 0.3 is 0 Å². The molecule has 0 unspecified atom stereocenters. The Morgan fingerprint density at radius 3 is 1.61 bits per heavy atom. The highest BCUT2D eigenvalue weighted by Gasteiger charge is 2.38. The van der Waals surface area contributed by atoms with Gasteiger partial charge in [-0.3, -0.25) is 0 Å². The molecule has 2 nitrogen and oxygen atoms in total. The summed E-state index contributed by atoms with van der Waals surface area (Å²) < 4.78 is 2.64. The SMILES string of the molecule is Cc1cccc(N(c2cccc(C)c2)c2ccc3c(c2)-c2ccccc2-c2ccc(N4c5ccccc5C(C)(C)c5cc6c(cc54)sc4ccccc46)cc2-c2ccccc2-3)c1. The molecule has 0 fully saturated rings. The van der Waals surface area contributed by atoms with Crippen molar-refractivity contribution < 1.29 is 0 Å². The Balaban J connectivity index is 1.08. The Labute approximate surface area is 367 Å². The zero-order valence-corrected chi connectivity index (χ0v) is 36.1. The van der Waals surface area contributed by atoms with Gasteiger partial charge in [0.05, 0.1) is 11.4 Å². The summed E-state index contributed by atoms with van der Waals surface area (Å²) in [5, 5.41) is 2.67. The summed E-state index contributed by atoms with van der Waals surface area (Å²) in [5.74, 6) is 0. The van der Waals surface area contributed by atoms with Crippen LogP contribution in [0, 0.1) is 13.8 Å². The van der Waals surface area contributed by atoms with E-state index in [-0.39, 0.29) is 5.41 Å². The fourth-order valence-electron chi connectivity index (χ4n) is 10.3.